The molecule has 1 aliphatic heterocycles. The second-order valence-corrected chi connectivity index (χ2v) is 8.13. The summed E-state index contributed by atoms with van der Waals surface area (Å²) >= 11 is 0. The number of hydrogen-bond donors (Lipinski definition) is 1. The van der Waals surface area contributed by atoms with Crippen molar-refractivity contribution in [2.75, 3.05) is 13.2 Å². The van der Waals surface area contributed by atoms with Gasteiger partial charge in [-0.2, -0.15) is 0 Å². The van der Waals surface area contributed by atoms with Gasteiger partial charge >= 0.3 is 0 Å². The van der Waals surface area contributed by atoms with Crippen LogP contribution in [0.15, 0.2) is 53.7 Å². The summed E-state index contributed by atoms with van der Waals surface area (Å²) < 4.78 is 34.0. The Labute approximate surface area is 153 Å². The molecule has 0 radical (unpaired) electrons. The van der Waals surface area contributed by atoms with Crippen LogP contribution >= 0.6 is 0 Å². The Morgan fingerprint density at radius 1 is 1.19 bits per heavy atom. The van der Waals surface area contributed by atoms with E-state index in [-0.39, 0.29) is 22.6 Å². The van der Waals surface area contributed by atoms with Gasteiger partial charge in [0.05, 0.1) is 10.9 Å². The third-order valence-electron chi connectivity index (χ3n) is 4.63. The maximum Gasteiger partial charge on any atom is 0.241 e. The molecule has 1 unspecified atom stereocenters. The van der Waals surface area contributed by atoms with E-state index >= 15 is 0 Å². The molecule has 0 bridgehead atoms. The zero-order valence-electron chi connectivity index (χ0n) is 14.6. The molecule has 1 aromatic heterocycles. The summed E-state index contributed by atoms with van der Waals surface area (Å²) in [6.07, 6.45) is 4.93. The highest BCUT2D eigenvalue weighted by molar-refractivity contribution is 7.89. The lowest BCUT2D eigenvalue weighted by Gasteiger charge is -2.31. The number of ketones is 1. The van der Waals surface area contributed by atoms with Crippen LogP contribution in [0.4, 0.5) is 0 Å². The highest BCUT2D eigenvalue weighted by atomic mass is 32.2. The molecule has 0 amide bonds. The molecule has 7 heteroatoms. The van der Waals surface area contributed by atoms with Gasteiger partial charge in [-0.3, -0.25) is 9.78 Å². The molecule has 1 fully saturated rings. The van der Waals surface area contributed by atoms with Crippen molar-refractivity contribution in [1.82, 2.24) is 9.71 Å². The Morgan fingerprint density at radius 2 is 1.88 bits per heavy atom. The predicted molar refractivity (Wildman–Crippen MR) is 97.3 cm³/mol. The first-order valence-electron chi connectivity index (χ1n) is 8.58. The Morgan fingerprint density at radius 3 is 2.46 bits per heavy atom. The largest absolute Gasteiger partial charge is 0.381 e. The van der Waals surface area contributed by atoms with Crippen LogP contribution in [0.2, 0.25) is 0 Å². The maximum atomic E-state index is 12.9. The highest BCUT2D eigenvalue weighted by Crippen LogP contribution is 2.31. The smallest absolute Gasteiger partial charge is 0.241 e. The average Bonchev–Trinajstić information content (AvgIpc) is 2.67. The molecule has 1 atom stereocenters. The van der Waals surface area contributed by atoms with Gasteiger partial charge in [-0.25, -0.2) is 13.1 Å². The summed E-state index contributed by atoms with van der Waals surface area (Å²) in [5.74, 6) is 0.0385. The number of nitrogens with zero attached hydrogens (tertiary/aromatic N) is 1. The second-order valence-electron chi connectivity index (χ2n) is 6.42. The number of hydrogen-bond acceptors (Lipinski definition) is 5. The zero-order valence-corrected chi connectivity index (χ0v) is 15.4. The van der Waals surface area contributed by atoms with Gasteiger partial charge in [-0.15, -0.1) is 0 Å². The number of benzene rings is 1. The minimum Gasteiger partial charge on any atom is -0.381 e. The SMILES string of the molecule is CC(=O)c1ccc(S(=O)(=O)NC(c2cccnc2)C2CCOCC2)cc1. The quantitative estimate of drug-likeness (QED) is 0.786. The molecular formula is C19H22N2O4S. The summed E-state index contributed by atoms with van der Waals surface area (Å²) in [5.41, 5.74) is 1.32. The van der Waals surface area contributed by atoms with Crippen LogP contribution < -0.4 is 4.72 Å². The van der Waals surface area contributed by atoms with Crippen molar-refractivity contribution >= 4 is 15.8 Å². The van der Waals surface area contributed by atoms with Gasteiger partial charge in [-0.1, -0.05) is 18.2 Å². The van der Waals surface area contributed by atoms with Crippen molar-refractivity contribution in [3.63, 3.8) is 0 Å². The fourth-order valence-electron chi connectivity index (χ4n) is 3.15. The average molecular weight is 374 g/mol. The van der Waals surface area contributed by atoms with E-state index in [0.717, 1.165) is 18.4 Å². The van der Waals surface area contributed by atoms with E-state index in [1.54, 1.807) is 18.5 Å². The summed E-state index contributed by atoms with van der Waals surface area (Å²) in [6.45, 7) is 2.69. The third-order valence-corrected chi connectivity index (χ3v) is 6.09. The van der Waals surface area contributed by atoms with E-state index in [1.807, 2.05) is 6.07 Å². The monoisotopic (exact) mass is 374 g/mol. The van der Waals surface area contributed by atoms with Gasteiger partial charge in [-0.05, 0) is 49.4 Å². The number of sulfonamides is 1. The van der Waals surface area contributed by atoms with E-state index in [4.69, 9.17) is 4.74 Å². The summed E-state index contributed by atoms with van der Waals surface area (Å²) in [4.78, 5) is 15.7. The van der Waals surface area contributed by atoms with Gasteiger partial charge in [0.25, 0.3) is 0 Å². The van der Waals surface area contributed by atoms with Crippen molar-refractivity contribution < 1.29 is 17.9 Å². The van der Waals surface area contributed by atoms with Crippen LogP contribution in [0.3, 0.4) is 0 Å². The lowest BCUT2D eigenvalue weighted by Crippen LogP contribution is -2.36. The van der Waals surface area contributed by atoms with Crippen molar-refractivity contribution in [2.24, 2.45) is 5.92 Å². The van der Waals surface area contributed by atoms with Gasteiger partial charge in [0.2, 0.25) is 10.0 Å². The molecule has 1 aliphatic rings. The van der Waals surface area contributed by atoms with Crippen LogP contribution in [0, 0.1) is 5.92 Å². The number of Topliss-reactive ketones (excluding diaryl/α,β-unsaturated/α-hetero) is 1. The lowest BCUT2D eigenvalue weighted by atomic mass is 9.88. The summed E-state index contributed by atoms with van der Waals surface area (Å²) in [6, 6.07) is 9.30. The molecule has 3 rings (SSSR count). The van der Waals surface area contributed by atoms with Crippen molar-refractivity contribution in [1.29, 1.82) is 0 Å². The van der Waals surface area contributed by atoms with Crippen LogP contribution in [-0.4, -0.2) is 32.4 Å². The molecular weight excluding hydrogens is 352 g/mol. The van der Waals surface area contributed by atoms with E-state index in [2.05, 4.69) is 9.71 Å². The fraction of sp³-hybridized carbons (Fsp3) is 0.368. The molecule has 6 nitrogen and oxygen atoms in total. The Kier molecular flexibility index (Phi) is 5.80. The standard InChI is InChI=1S/C19H22N2O4S/c1-14(22)15-4-6-18(7-5-15)26(23,24)21-19(16-8-11-25-12-9-16)17-3-2-10-20-13-17/h2-7,10,13,16,19,21H,8-9,11-12H2,1H3. The number of carbonyl (C=O) groups is 1. The van der Waals surface area contributed by atoms with Crippen molar-refractivity contribution in [2.45, 2.75) is 30.7 Å². The number of nitrogens with one attached hydrogen (secondary N) is 1. The van der Waals surface area contributed by atoms with Crippen LogP contribution in [0.25, 0.3) is 0 Å². The zero-order chi connectivity index (χ0) is 18.6. The molecule has 2 heterocycles. The van der Waals surface area contributed by atoms with Crippen LogP contribution in [0.1, 0.15) is 41.7 Å². The maximum absolute atomic E-state index is 12.9. The predicted octanol–water partition coefficient (Wildman–Crippen LogP) is 2.73. The molecule has 1 saturated heterocycles. The minimum atomic E-state index is -3.73. The first kappa shape index (κ1) is 18.7. The number of aromatic nitrogens is 1. The Hall–Kier alpha value is -2.09. The summed E-state index contributed by atoms with van der Waals surface area (Å²) in [5, 5.41) is 0. The Bertz CT molecular complexity index is 845. The highest BCUT2D eigenvalue weighted by Gasteiger charge is 2.30. The number of ether oxygens (including phenoxy) is 1. The van der Waals surface area contributed by atoms with E-state index in [0.29, 0.717) is 18.8 Å². The molecule has 0 aliphatic carbocycles. The summed E-state index contributed by atoms with van der Waals surface area (Å²) in [7, 11) is -3.73. The molecule has 138 valence electrons. The van der Waals surface area contributed by atoms with E-state index in [9.17, 15) is 13.2 Å². The molecule has 26 heavy (non-hydrogen) atoms. The van der Waals surface area contributed by atoms with Gasteiger partial charge < -0.3 is 4.74 Å². The normalized spacial score (nSPS) is 17.0. The minimum absolute atomic E-state index is 0.0997. The molecule has 0 saturated carbocycles. The number of pyridine rings is 1. The first-order valence-corrected chi connectivity index (χ1v) is 10.1. The van der Waals surface area contributed by atoms with Gasteiger partial charge in [0.1, 0.15) is 0 Å². The Balaban J connectivity index is 1.88. The number of rotatable bonds is 6. The van der Waals surface area contributed by atoms with Gasteiger partial charge in [0, 0.05) is 31.2 Å². The topological polar surface area (TPSA) is 85.4 Å². The third kappa shape index (κ3) is 4.35. The van der Waals surface area contributed by atoms with Crippen LogP contribution in [-0.2, 0) is 14.8 Å². The molecule has 1 aromatic carbocycles. The van der Waals surface area contributed by atoms with E-state index < -0.39 is 10.0 Å². The van der Waals surface area contributed by atoms with Crippen molar-refractivity contribution in [3.8, 4) is 0 Å². The molecule has 2 aromatic rings. The fourth-order valence-corrected chi connectivity index (χ4v) is 4.44. The first-order chi connectivity index (χ1) is 12.5. The van der Waals surface area contributed by atoms with Crippen LogP contribution in [0.5, 0.6) is 0 Å². The van der Waals surface area contributed by atoms with E-state index in [1.165, 1.54) is 31.2 Å². The van der Waals surface area contributed by atoms with Crippen molar-refractivity contribution in [3.05, 3.63) is 59.9 Å². The van der Waals surface area contributed by atoms with Gasteiger partial charge in [0.15, 0.2) is 5.78 Å². The second kappa shape index (κ2) is 8.07. The lowest BCUT2D eigenvalue weighted by molar-refractivity contribution is 0.0564. The molecule has 0 spiro atoms. The molecule has 1 N–H and O–H groups in total. The number of carbonyl (C=O) groups excluding carboxylic acids is 1.